The number of rotatable bonds is 6. The van der Waals surface area contributed by atoms with Crippen LogP contribution in [0.5, 0.6) is 0 Å². The lowest BCUT2D eigenvalue weighted by atomic mass is 10.1. The Balaban J connectivity index is 1.45. The van der Waals surface area contributed by atoms with E-state index in [-0.39, 0.29) is 35.6 Å². The lowest BCUT2D eigenvalue weighted by molar-refractivity contribution is -0.125. The highest BCUT2D eigenvalue weighted by atomic mass is 32.2. The SMILES string of the molecule is O=C(CN1C(=O)[C@@H]2CCCN2C(=O)c2ccccc21)NCCS(=O)(=O)c1ccc(F)cc1. The van der Waals surface area contributed by atoms with Gasteiger partial charge in [0.25, 0.3) is 5.91 Å². The van der Waals surface area contributed by atoms with E-state index in [0.717, 1.165) is 12.1 Å². The molecule has 10 heteroatoms. The number of fused-ring (bicyclic) bond motifs is 2. The van der Waals surface area contributed by atoms with Crippen molar-refractivity contribution in [3.05, 3.63) is 59.9 Å². The van der Waals surface area contributed by atoms with E-state index in [1.54, 1.807) is 29.2 Å². The standard InChI is InChI=1S/C22H22FN3O5S/c23-15-7-9-16(10-8-15)32(30,31)13-11-24-20(27)14-26-18-5-2-1-4-17(18)21(28)25-12-3-6-19(25)22(26)29/h1-2,4-5,7-10,19H,3,6,11-14H2,(H,24,27)/t19-/m0/s1. The highest BCUT2D eigenvalue weighted by Crippen LogP contribution is 2.32. The zero-order valence-corrected chi connectivity index (χ0v) is 18.0. The predicted octanol–water partition coefficient (Wildman–Crippen LogP) is 1.37. The summed E-state index contributed by atoms with van der Waals surface area (Å²) in [5.74, 6) is -2.01. The third-order valence-corrected chi connectivity index (χ3v) is 7.39. The van der Waals surface area contributed by atoms with Crippen molar-refractivity contribution in [3.63, 3.8) is 0 Å². The molecule has 168 valence electrons. The summed E-state index contributed by atoms with van der Waals surface area (Å²) in [7, 11) is -3.70. The first-order valence-electron chi connectivity index (χ1n) is 10.2. The van der Waals surface area contributed by atoms with Gasteiger partial charge >= 0.3 is 0 Å². The van der Waals surface area contributed by atoms with Crippen molar-refractivity contribution in [2.75, 3.05) is 30.3 Å². The largest absolute Gasteiger partial charge is 0.354 e. The second kappa shape index (κ2) is 8.70. The van der Waals surface area contributed by atoms with Gasteiger partial charge in [0.15, 0.2) is 9.84 Å². The molecule has 2 aliphatic heterocycles. The molecular weight excluding hydrogens is 437 g/mol. The number of carbonyl (C=O) groups excluding carboxylic acids is 3. The Labute approximate surface area is 184 Å². The van der Waals surface area contributed by atoms with Crippen molar-refractivity contribution >= 4 is 33.2 Å². The summed E-state index contributed by atoms with van der Waals surface area (Å²) in [5, 5.41) is 2.53. The van der Waals surface area contributed by atoms with Gasteiger partial charge in [0, 0.05) is 13.1 Å². The van der Waals surface area contributed by atoms with Crippen LogP contribution in [-0.4, -0.2) is 62.5 Å². The van der Waals surface area contributed by atoms with E-state index in [4.69, 9.17) is 0 Å². The molecule has 2 heterocycles. The molecule has 1 saturated heterocycles. The van der Waals surface area contributed by atoms with Crippen molar-refractivity contribution in [1.82, 2.24) is 10.2 Å². The molecule has 2 aromatic rings. The second-order valence-corrected chi connectivity index (χ2v) is 9.83. The zero-order valence-electron chi connectivity index (χ0n) is 17.2. The minimum Gasteiger partial charge on any atom is -0.354 e. The van der Waals surface area contributed by atoms with E-state index in [1.165, 1.54) is 17.0 Å². The highest BCUT2D eigenvalue weighted by Gasteiger charge is 2.42. The van der Waals surface area contributed by atoms with E-state index in [0.29, 0.717) is 30.6 Å². The van der Waals surface area contributed by atoms with Crippen molar-refractivity contribution in [2.45, 2.75) is 23.8 Å². The monoisotopic (exact) mass is 459 g/mol. The third kappa shape index (κ3) is 4.22. The van der Waals surface area contributed by atoms with Crippen LogP contribution in [0.2, 0.25) is 0 Å². The number of amides is 3. The molecule has 1 atom stereocenters. The Kier molecular flexibility index (Phi) is 5.96. The molecule has 8 nitrogen and oxygen atoms in total. The molecule has 0 radical (unpaired) electrons. The quantitative estimate of drug-likeness (QED) is 0.657. The predicted molar refractivity (Wildman–Crippen MR) is 114 cm³/mol. The van der Waals surface area contributed by atoms with Crippen LogP contribution in [0.3, 0.4) is 0 Å². The Morgan fingerprint density at radius 2 is 1.81 bits per heavy atom. The van der Waals surface area contributed by atoms with Gasteiger partial charge in [0.05, 0.1) is 21.9 Å². The highest BCUT2D eigenvalue weighted by molar-refractivity contribution is 7.91. The smallest absolute Gasteiger partial charge is 0.256 e. The fourth-order valence-corrected chi connectivity index (χ4v) is 5.21. The minimum absolute atomic E-state index is 0.0374. The van der Waals surface area contributed by atoms with Crippen LogP contribution < -0.4 is 10.2 Å². The van der Waals surface area contributed by atoms with Crippen molar-refractivity contribution in [2.24, 2.45) is 0 Å². The molecule has 1 fully saturated rings. The first-order valence-corrected chi connectivity index (χ1v) is 11.9. The summed E-state index contributed by atoms with van der Waals surface area (Å²) in [6, 6.07) is 10.5. The van der Waals surface area contributed by atoms with E-state index >= 15 is 0 Å². The van der Waals surface area contributed by atoms with Crippen LogP contribution in [0.4, 0.5) is 10.1 Å². The number of hydrogen-bond acceptors (Lipinski definition) is 5. The maximum atomic E-state index is 13.1. The van der Waals surface area contributed by atoms with Crippen LogP contribution in [-0.2, 0) is 19.4 Å². The van der Waals surface area contributed by atoms with Crippen LogP contribution in [0.1, 0.15) is 23.2 Å². The molecule has 2 aromatic carbocycles. The van der Waals surface area contributed by atoms with E-state index in [9.17, 15) is 27.2 Å². The number of hydrogen-bond donors (Lipinski definition) is 1. The molecule has 2 aliphatic rings. The zero-order chi connectivity index (χ0) is 22.9. The molecule has 0 aliphatic carbocycles. The number of anilines is 1. The van der Waals surface area contributed by atoms with Crippen molar-refractivity contribution in [3.8, 4) is 0 Å². The minimum atomic E-state index is -3.70. The lowest BCUT2D eigenvalue weighted by Gasteiger charge is -2.25. The van der Waals surface area contributed by atoms with Crippen molar-refractivity contribution in [1.29, 1.82) is 0 Å². The Hall–Kier alpha value is -3.27. The molecule has 0 bridgehead atoms. The first kappa shape index (κ1) is 21.9. The molecule has 0 aromatic heterocycles. The number of benzene rings is 2. The summed E-state index contributed by atoms with van der Waals surface area (Å²) in [6.45, 7) is -0.00831. The normalized spacial score (nSPS) is 18.2. The number of para-hydroxylation sites is 1. The van der Waals surface area contributed by atoms with Gasteiger partial charge in [-0.2, -0.15) is 0 Å². The van der Waals surface area contributed by atoms with E-state index < -0.39 is 27.6 Å². The van der Waals surface area contributed by atoms with E-state index in [2.05, 4.69) is 5.32 Å². The number of nitrogens with one attached hydrogen (secondary N) is 1. The fourth-order valence-electron chi connectivity index (χ4n) is 4.06. The maximum absolute atomic E-state index is 13.1. The van der Waals surface area contributed by atoms with Gasteiger partial charge in [-0.3, -0.25) is 14.4 Å². The Morgan fingerprint density at radius 1 is 1.09 bits per heavy atom. The lowest BCUT2D eigenvalue weighted by Crippen LogP contribution is -2.48. The second-order valence-electron chi connectivity index (χ2n) is 7.72. The van der Waals surface area contributed by atoms with Gasteiger partial charge in [0.2, 0.25) is 11.8 Å². The summed E-state index contributed by atoms with van der Waals surface area (Å²) < 4.78 is 37.7. The number of sulfone groups is 1. The topological polar surface area (TPSA) is 104 Å². The molecular formula is C22H22FN3O5S. The van der Waals surface area contributed by atoms with Crippen LogP contribution >= 0.6 is 0 Å². The number of carbonyl (C=O) groups is 3. The number of halogens is 1. The summed E-state index contributed by atoms with van der Waals surface area (Å²) in [6.07, 6.45) is 1.25. The first-order chi connectivity index (χ1) is 15.3. The van der Waals surface area contributed by atoms with Crippen LogP contribution in [0.15, 0.2) is 53.4 Å². The molecule has 3 amide bonds. The number of nitrogens with zero attached hydrogens (tertiary/aromatic N) is 2. The van der Waals surface area contributed by atoms with Gasteiger partial charge in [-0.15, -0.1) is 0 Å². The van der Waals surface area contributed by atoms with Gasteiger partial charge in [0.1, 0.15) is 18.4 Å². The molecule has 1 N–H and O–H groups in total. The summed E-state index contributed by atoms with van der Waals surface area (Å²) in [4.78, 5) is 41.4. The van der Waals surface area contributed by atoms with Crippen LogP contribution in [0.25, 0.3) is 0 Å². The maximum Gasteiger partial charge on any atom is 0.256 e. The van der Waals surface area contributed by atoms with Crippen molar-refractivity contribution < 1.29 is 27.2 Å². The summed E-state index contributed by atoms with van der Waals surface area (Å²) in [5.41, 5.74) is 0.725. The van der Waals surface area contributed by atoms with Crippen LogP contribution in [0, 0.1) is 5.82 Å². The fraction of sp³-hybridized carbons (Fsp3) is 0.318. The molecule has 32 heavy (non-hydrogen) atoms. The van der Waals surface area contributed by atoms with Gasteiger partial charge in [-0.05, 0) is 49.2 Å². The van der Waals surface area contributed by atoms with Gasteiger partial charge in [-0.25, -0.2) is 12.8 Å². The van der Waals surface area contributed by atoms with Gasteiger partial charge in [-0.1, -0.05) is 12.1 Å². The molecule has 0 spiro atoms. The average molecular weight is 459 g/mol. The Bertz CT molecular complexity index is 1170. The van der Waals surface area contributed by atoms with E-state index in [1.807, 2.05) is 0 Å². The molecule has 0 unspecified atom stereocenters. The third-order valence-electron chi connectivity index (χ3n) is 5.66. The molecule has 4 rings (SSSR count). The van der Waals surface area contributed by atoms with Gasteiger partial charge < -0.3 is 15.1 Å². The average Bonchev–Trinajstić information content (AvgIpc) is 3.24. The summed E-state index contributed by atoms with van der Waals surface area (Å²) >= 11 is 0. The molecule has 0 saturated carbocycles. The Morgan fingerprint density at radius 3 is 2.56 bits per heavy atom.